The van der Waals surface area contributed by atoms with Crippen LogP contribution >= 0.6 is 0 Å². The minimum absolute atomic E-state index is 0.173. The summed E-state index contributed by atoms with van der Waals surface area (Å²) in [6, 6.07) is 17.7. The van der Waals surface area contributed by atoms with Gasteiger partial charge in [-0.3, -0.25) is 0 Å². The van der Waals surface area contributed by atoms with Gasteiger partial charge in [0.05, 0.1) is 0 Å². The molecular weight excluding hydrogens is 251 g/mol. The van der Waals surface area contributed by atoms with Crippen LogP contribution in [-0.4, -0.2) is 19.1 Å². The van der Waals surface area contributed by atoms with Crippen molar-refractivity contribution in [2.45, 2.75) is 18.5 Å². The molecule has 1 aliphatic rings. The second-order valence-corrected chi connectivity index (χ2v) is 5.29. The fraction of sp³-hybridized carbons (Fsp3) is 0.294. The lowest BCUT2D eigenvalue weighted by Gasteiger charge is -2.20. The van der Waals surface area contributed by atoms with E-state index in [0.29, 0.717) is 12.0 Å². The fourth-order valence-electron chi connectivity index (χ4n) is 2.80. The van der Waals surface area contributed by atoms with Crippen LogP contribution in [0.15, 0.2) is 54.6 Å². The van der Waals surface area contributed by atoms with E-state index < -0.39 is 0 Å². The smallest absolute Gasteiger partial charge is 0.123 e. The molecule has 0 radical (unpaired) electrons. The van der Waals surface area contributed by atoms with Crippen LogP contribution in [0.3, 0.4) is 0 Å². The first-order chi connectivity index (χ1) is 9.83. The molecule has 2 aromatic rings. The molecule has 2 aromatic carbocycles. The van der Waals surface area contributed by atoms with Crippen molar-refractivity contribution >= 4 is 0 Å². The summed E-state index contributed by atoms with van der Waals surface area (Å²) < 4.78 is 13.0. The van der Waals surface area contributed by atoms with Gasteiger partial charge in [0.25, 0.3) is 0 Å². The van der Waals surface area contributed by atoms with Crippen molar-refractivity contribution in [2.75, 3.05) is 13.1 Å². The predicted molar refractivity (Wildman–Crippen MR) is 79.1 cm³/mol. The highest BCUT2D eigenvalue weighted by Gasteiger charge is 2.27. The van der Waals surface area contributed by atoms with E-state index in [0.717, 1.165) is 19.6 Å². The average Bonchev–Trinajstić information content (AvgIpc) is 2.95. The molecule has 0 aromatic heterocycles. The molecule has 1 saturated heterocycles. The molecule has 2 nitrogen and oxygen atoms in total. The Balaban J connectivity index is 1.65. The van der Waals surface area contributed by atoms with Crippen LogP contribution in [0.25, 0.3) is 0 Å². The van der Waals surface area contributed by atoms with Crippen LogP contribution in [0.1, 0.15) is 17.0 Å². The lowest BCUT2D eigenvalue weighted by molar-refractivity contribution is 0.503. The molecule has 3 rings (SSSR count). The lowest BCUT2D eigenvalue weighted by Crippen LogP contribution is -2.34. The van der Waals surface area contributed by atoms with Gasteiger partial charge in [0.2, 0.25) is 0 Å². The number of benzene rings is 2. The third-order valence-electron chi connectivity index (χ3n) is 3.92. The zero-order valence-corrected chi connectivity index (χ0v) is 11.4. The Morgan fingerprint density at radius 1 is 1.00 bits per heavy atom. The van der Waals surface area contributed by atoms with Crippen molar-refractivity contribution in [1.82, 2.24) is 10.6 Å². The summed E-state index contributed by atoms with van der Waals surface area (Å²) >= 11 is 0. The number of hydrogen-bond donors (Lipinski definition) is 2. The largest absolute Gasteiger partial charge is 0.314 e. The summed E-state index contributed by atoms with van der Waals surface area (Å²) in [6.07, 6.45) is 0. The Hall–Kier alpha value is -1.71. The SMILES string of the molecule is Fc1ccc([C@H]2CNC[C@@H]2NCc2ccccc2)cc1. The summed E-state index contributed by atoms with van der Waals surface area (Å²) in [5.41, 5.74) is 2.49. The molecule has 104 valence electrons. The minimum Gasteiger partial charge on any atom is -0.314 e. The first kappa shape index (κ1) is 13.3. The quantitative estimate of drug-likeness (QED) is 0.892. The molecule has 20 heavy (non-hydrogen) atoms. The molecule has 0 amide bonds. The maximum absolute atomic E-state index is 13.0. The summed E-state index contributed by atoms with van der Waals surface area (Å²) in [6.45, 7) is 2.76. The van der Waals surface area contributed by atoms with E-state index in [1.54, 1.807) is 12.1 Å². The van der Waals surface area contributed by atoms with E-state index in [2.05, 4.69) is 34.9 Å². The Labute approximate surface area is 119 Å². The molecule has 0 spiro atoms. The summed E-state index contributed by atoms with van der Waals surface area (Å²) in [5.74, 6) is 0.229. The maximum Gasteiger partial charge on any atom is 0.123 e. The van der Waals surface area contributed by atoms with Crippen molar-refractivity contribution in [3.63, 3.8) is 0 Å². The standard InChI is InChI=1S/C17H19FN2/c18-15-8-6-14(7-9-15)16-11-19-12-17(16)20-10-13-4-2-1-3-5-13/h1-9,16-17,19-20H,10-12H2/t16-,17+/m1/s1. The van der Waals surface area contributed by atoms with Crippen molar-refractivity contribution < 1.29 is 4.39 Å². The number of hydrogen-bond acceptors (Lipinski definition) is 2. The Morgan fingerprint density at radius 2 is 1.75 bits per heavy atom. The zero-order chi connectivity index (χ0) is 13.8. The third kappa shape index (κ3) is 3.06. The van der Waals surface area contributed by atoms with Gasteiger partial charge in [-0.15, -0.1) is 0 Å². The van der Waals surface area contributed by atoms with E-state index in [4.69, 9.17) is 0 Å². The fourth-order valence-corrected chi connectivity index (χ4v) is 2.80. The molecular formula is C17H19FN2. The predicted octanol–water partition coefficient (Wildman–Crippen LogP) is 2.67. The van der Waals surface area contributed by atoms with Crippen LogP contribution in [-0.2, 0) is 6.54 Å². The monoisotopic (exact) mass is 270 g/mol. The van der Waals surface area contributed by atoms with Gasteiger partial charge in [0.1, 0.15) is 5.82 Å². The van der Waals surface area contributed by atoms with Crippen molar-refractivity contribution in [3.8, 4) is 0 Å². The minimum atomic E-state index is -0.173. The third-order valence-corrected chi connectivity index (χ3v) is 3.92. The Bertz CT molecular complexity index is 539. The molecule has 2 atom stereocenters. The molecule has 0 saturated carbocycles. The van der Waals surface area contributed by atoms with E-state index in [1.165, 1.54) is 11.1 Å². The van der Waals surface area contributed by atoms with Gasteiger partial charge < -0.3 is 10.6 Å². The topological polar surface area (TPSA) is 24.1 Å². The molecule has 0 unspecified atom stereocenters. The van der Waals surface area contributed by atoms with Gasteiger partial charge in [-0.1, -0.05) is 42.5 Å². The Kier molecular flexibility index (Phi) is 4.09. The van der Waals surface area contributed by atoms with E-state index in [9.17, 15) is 4.39 Å². The lowest BCUT2D eigenvalue weighted by atomic mass is 9.94. The number of rotatable bonds is 4. The summed E-state index contributed by atoms with van der Waals surface area (Å²) in [4.78, 5) is 0. The highest BCUT2D eigenvalue weighted by molar-refractivity contribution is 5.24. The summed E-state index contributed by atoms with van der Waals surface area (Å²) in [7, 11) is 0. The maximum atomic E-state index is 13.0. The second kappa shape index (κ2) is 6.16. The van der Waals surface area contributed by atoms with Crippen LogP contribution in [0.5, 0.6) is 0 Å². The highest BCUT2D eigenvalue weighted by Crippen LogP contribution is 2.23. The van der Waals surface area contributed by atoms with Gasteiger partial charge in [-0.05, 0) is 23.3 Å². The molecule has 3 heteroatoms. The Morgan fingerprint density at radius 3 is 2.50 bits per heavy atom. The first-order valence-electron chi connectivity index (χ1n) is 7.06. The normalized spacial score (nSPS) is 22.1. The molecule has 1 aliphatic heterocycles. The highest BCUT2D eigenvalue weighted by atomic mass is 19.1. The number of nitrogens with one attached hydrogen (secondary N) is 2. The molecule has 2 N–H and O–H groups in total. The van der Waals surface area contributed by atoms with Crippen LogP contribution in [0.2, 0.25) is 0 Å². The second-order valence-electron chi connectivity index (χ2n) is 5.29. The first-order valence-corrected chi connectivity index (χ1v) is 7.06. The number of halogens is 1. The van der Waals surface area contributed by atoms with Gasteiger partial charge >= 0.3 is 0 Å². The van der Waals surface area contributed by atoms with Crippen LogP contribution in [0, 0.1) is 5.82 Å². The van der Waals surface area contributed by atoms with Gasteiger partial charge in [-0.25, -0.2) is 4.39 Å². The van der Waals surface area contributed by atoms with Gasteiger partial charge in [0, 0.05) is 31.6 Å². The van der Waals surface area contributed by atoms with Gasteiger partial charge in [-0.2, -0.15) is 0 Å². The molecule has 1 fully saturated rings. The molecule has 0 bridgehead atoms. The zero-order valence-electron chi connectivity index (χ0n) is 11.4. The van der Waals surface area contributed by atoms with E-state index in [1.807, 2.05) is 18.2 Å². The van der Waals surface area contributed by atoms with E-state index in [-0.39, 0.29) is 5.82 Å². The van der Waals surface area contributed by atoms with Crippen LogP contribution < -0.4 is 10.6 Å². The van der Waals surface area contributed by atoms with Crippen molar-refractivity contribution in [1.29, 1.82) is 0 Å². The van der Waals surface area contributed by atoms with Gasteiger partial charge in [0.15, 0.2) is 0 Å². The molecule has 0 aliphatic carbocycles. The van der Waals surface area contributed by atoms with Crippen molar-refractivity contribution in [2.24, 2.45) is 0 Å². The summed E-state index contributed by atoms with van der Waals surface area (Å²) in [5, 5.41) is 7.02. The van der Waals surface area contributed by atoms with Crippen LogP contribution in [0.4, 0.5) is 4.39 Å². The average molecular weight is 270 g/mol. The van der Waals surface area contributed by atoms with E-state index >= 15 is 0 Å². The van der Waals surface area contributed by atoms with Crippen molar-refractivity contribution in [3.05, 3.63) is 71.5 Å². The molecule has 1 heterocycles.